The Hall–Kier alpha value is -4.64. The van der Waals surface area contributed by atoms with Gasteiger partial charge in [0.2, 0.25) is 5.89 Å². The molecule has 2 fully saturated rings. The highest BCUT2D eigenvalue weighted by molar-refractivity contribution is 6.31. The van der Waals surface area contributed by atoms with Gasteiger partial charge in [0.25, 0.3) is 11.8 Å². The summed E-state index contributed by atoms with van der Waals surface area (Å²) in [6.07, 6.45) is 5.07. The number of carbonyl (C=O) groups is 2. The lowest BCUT2D eigenvalue weighted by molar-refractivity contribution is 0.0622. The van der Waals surface area contributed by atoms with Crippen molar-refractivity contribution >= 4 is 35.0 Å². The fourth-order valence-corrected chi connectivity index (χ4v) is 5.84. The number of carbonyl (C=O) groups excluding carboxylic acids is 2. The summed E-state index contributed by atoms with van der Waals surface area (Å²) in [4.78, 5) is 38.3. The zero-order valence-electron chi connectivity index (χ0n) is 26.9. The number of pyridine rings is 2. The fourth-order valence-electron chi connectivity index (χ4n) is 5.46. The Morgan fingerprint density at radius 3 is 1.96 bits per heavy atom. The topological polar surface area (TPSA) is 132 Å². The standard InChI is InChI=1S/C20H19ClN4O2.C17H17ClN2O2/c1-12-22-19(25-27-12)18(10-13-8-9-13)24-20(26)17-7-3-6-16(23-17)14-4-2-5-15(21)11-14;18-13-5-1-4-12(10-13)15-7-2-8-16(20-15)17(21)19-14-6-3-9-22-11-14/h2-7,11,13,18H,8-10H2,1H3,(H,24,26);1-2,4-5,7-8,10,14H,3,6,9,11H2,(H,19,21)/t18-;/m0./s1. The number of rotatable bonds is 9. The lowest BCUT2D eigenvalue weighted by Gasteiger charge is -2.22. The van der Waals surface area contributed by atoms with Crippen molar-refractivity contribution < 1.29 is 18.8 Å². The van der Waals surface area contributed by atoms with E-state index in [1.165, 1.54) is 12.8 Å². The molecule has 1 aliphatic carbocycles. The van der Waals surface area contributed by atoms with E-state index in [1.54, 1.807) is 25.1 Å². The van der Waals surface area contributed by atoms with Crippen LogP contribution in [0.25, 0.3) is 22.5 Å². The number of ether oxygens (including phenoxy) is 1. The van der Waals surface area contributed by atoms with Crippen molar-refractivity contribution in [1.29, 1.82) is 0 Å². The number of hydrogen-bond acceptors (Lipinski definition) is 8. The van der Waals surface area contributed by atoms with Crippen LogP contribution in [0, 0.1) is 12.8 Å². The van der Waals surface area contributed by atoms with E-state index in [4.69, 9.17) is 32.5 Å². The van der Waals surface area contributed by atoms with Crippen molar-refractivity contribution in [2.75, 3.05) is 13.2 Å². The van der Waals surface area contributed by atoms with Crippen LogP contribution >= 0.6 is 23.2 Å². The SMILES string of the molecule is Cc1nc([C@H](CC2CC2)NC(=O)c2cccc(-c3cccc(Cl)c3)n2)no1.O=C(NC1CCCOC1)c1cccc(-c2cccc(Cl)c2)n1. The Morgan fingerprint density at radius 1 is 0.816 bits per heavy atom. The minimum absolute atomic E-state index is 0.0675. The van der Waals surface area contributed by atoms with Crippen molar-refractivity contribution in [1.82, 2.24) is 30.7 Å². The van der Waals surface area contributed by atoms with Gasteiger partial charge in [-0.2, -0.15) is 4.98 Å². The average Bonchev–Trinajstić information content (AvgIpc) is 3.84. The van der Waals surface area contributed by atoms with Crippen LogP contribution in [-0.2, 0) is 4.74 Å². The molecule has 4 heterocycles. The van der Waals surface area contributed by atoms with Gasteiger partial charge in [-0.1, -0.05) is 77.6 Å². The average molecular weight is 700 g/mol. The van der Waals surface area contributed by atoms with E-state index < -0.39 is 0 Å². The molecule has 1 aliphatic heterocycles. The van der Waals surface area contributed by atoms with E-state index in [1.807, 2.05) is 66.7 Å². The molecule has 2 aromatic carbocycles. The van der Waals surface area contributed by atoms with Crippen molar-refractivity contribution in [3.8, 4) is 22.5 Å². The molecule has 2 atom stereocenters. The zero-order chi connectivity index (χ0) is 34.2. The highest BCUT2D eigenvalue weighted by Crippen LogP contribution is 2.37. The normalized spacial score (nSPS) is 16.2. The first-order valence-corrected chi connectivity index (χ1v) is 17.0. The van der Waals surface area contributed by atoms with Crippen LogP contribution in [0.15, 0.2) is 89.5 Å². The molecule has 2 amide bonds. The minimum Gasteiger partial charge on any atom is -0.379 e. The fraction of sp³-hybridized carbons (Fsp3) is 0.297. The lowest BCUT2D eigenvalue weighted by atomic mass is 10.1. The number of aryl methyl sites for hydroxylation is 1. The van der Waals surface area contributed by atoms with E-state index in [-0.39, 0.29) is 23.9 Å². The molecule has 252 valence electrons. The molecule has 0 bridgehead atoms. The molecular formula is C37H36Cl2N6O4. The molecule has 2 aliphatic rings. The predicted octanol–water partition coefficient (Wildman–Crippen LogP) is 7.68. The summed E-state index contributed by atoms with van der Waals surface area (Å²) < 4.78 is 10.5. The summed E-state index contributed by atoms with van der Waals surface area (Å²) in [6.45, 7) is 3.08. The van der Waals surface area contributed by atoms with Gasteiger partial charge in [-0.05, 0) is 73.7 Å². The van der Waals surface area contributed by atoms with Crippen molar-refractivity contribution in [3.63, 3.8) is 0 Å². The van der Waals surface area contributed by atoms with Gasteiger partial charge in [0.1, 0.15) is 11.4 Å². The first kappa shape index (κ1) is 34.2. The number of halogens is 2. The first-order valence-electron chi connectivity index (χ1n) is 16.3. The first-order chi connectivity index (χ1) is 23.8. The van der Waals surface area contributed by atoms with E-state index in [0.717, 1.165) is 42.7 Å². The van der Waals surface area contributed by atoms with Crippen molar-refractivity contribution in [3.05, 3.63) is 118 Å². The monoisotopic (exact) mass is 698 g/mol. The Morgan fingerprint density at radius 2 is 1.43 bits per heavy atom. The van der Waals surface area contributed by atoms with Crippen LogP contribution in [0.1, 0.15) is 70.8 Å². The number of benzene rings is 2. The van der Waals surface area contributed by atoms with Gasteiger partial charge in [-0.3, -0.25) is 9.59 Å². The molecule has 10 nitrogen and oxygen atoms in total. The summed E-state index contributed by atoms with van der Waals surface area (Å²) in [5, 5.41) is 11.2. The van der Waals surface area contributed by atoms with Crippen LogP contribution < -0.4 is 10.6 Å². The van der Waals surface area contributed by atoms with Crippen LogP contribution in [0.4, 0.5) is 0 Å². The largest absolute Gasteiger partial charge is 0.379 e. The number of aromatic nitrogens is 4. The molecule has 0 radical (unpaired) electrons. The third kappa shape index (κ3) is 9.72. The predicted molar refractivity (Wildman–Crippen MR) is 187 cm³/mol. The minimum atomic E-state index is -0.279. The maximum atomic E-state index is 12.8. The second-order valence-corrected chi connectivity index (χ2v) is 13.0. The van der Waals surface area contributed by atoms with Crippen molar-refractivity contribution in [2.45, 2.75) is 51.1 Å². The molecule has 1 saturated heterocycles. The van der Waals surface area contributed by atoms with Crippen LogP contribution in [0.5, 0.6) is 0 Å². The van der Waals surface area contributed by atoms with E-state index >= 15 is 0 Å². The maximum absolute atomic E-state index is 12.8. The second-order valence-electron chi connectivity index (χ2n) is 12.1. The number of amides is 2. The third-order valence-corrected chi connectivity index (χ3v) is 8.60. The number of nitrogens with zero attached hydrogens (tertiary/aromatic N) is 4. The smallest absolute Gasteiger partial charge is 0.270 e. The van der Waals surface area contributed by atoms with Crippen LogP contribution in [0.2, 0.25) is 10.0 Å². The third-order valence-electron chi connectivity index (χ3n) is 8.13. The van der Waals surface area contributed by atoms with Gasteiger partial charge in [0.05, 0.1) is 30.1 Å². The summed E-state index contributed by atoms with van der Waals surface area (Å²) in [6, 6.07) is 25.4. The van der Waals surface area contributed by atoms with Gasteiger partial charge in [-0.25, -0.2) is 9.97 Å². The summed E-state index contributed by atoms with van der Waals surface area (Å²) >= 11 is 12.1. The Balaban J connectivity index is 0.000000174. The Bertz CT molecular complexity index is 1910. The lowest BCUT2D eigenvalue weighted by Crippen LogP contribution is -2.40. The highest BCUT2D eigenvalue weighted by Gasteiger charge is 2.30. The molecule has 5 aromatic rings. The molecule has 2 N–H and O–H groups in total. The van der Waals surface area contributed by atoms with Crippen LogP contribution in [0.3, 0.4) is 0 Å². The van der Waals surface area contributed by atoms with Crippen molar-refractivity contribution in [2.24, 2.45) is 5.92 Å². The number of hydrogen-bond donors (Lipinski definition) is 2. The highest BCUT2D eigenvalue weighted by atomic mass is 35.5. The molecule has 7 rings (SSSR count). The van der Waals surface area contributed by atoms with E-state index in [9.17, 15) is 9.59 Å². The summed E-state index contributed by atoms with van der Waals surface area (Å²) in [5.74, 6) is 1.17. The van der Waals surface area contributed by atoms with Crippen LogP contribution in [-0.4, -0.2) is 51.2 Å². The van der Waals surface area contributed by atoms with Gasteiger partial charge in [-0.15, -0.1) is 0 Å². The molecule has 12 heteroatoms. The van der Waals surface area contributed by atoms with E-state index in [2.05, 4.69) is 30.7 Å². The quantitative estimate of drug-likeness (QED) is 0.160. The number of nitrogens with one attached hydrogen (secondary N) is 2. The Kier molecular flexibility index (Phi) is 11.3. The Labute approximate surface area is 294 Å². The van der Waals surface area contributed by atoms with Gasteiger partial charge in [0, 0.05) is 34.7 Å². The molecular weight excluding hydrogens is 663 g/mol. The summed E-state index contributed by atoms with van der Waals surface area (Å²) in [5.41, 5.74) is 3.93. The van der Waals surface area contributed by atoms with Gasteiger partial charge < -0.3 is 19.9 Å². The second kappa shape index (κ2) is 16.2. The molecule has 0 spiro atoms. The maximum Gasteiger partial charge on any atom is 0.270 e. The molecule has 1 unspecified atom stereocenters. The van der Waals surface area contributed by atoms with Gasteiger partial charge in [0.15, 0.2) is 5.82 Å². The van der Waals surface area contributed by atoms with Gasteiger partial charge >= 0.3 is 0 Å². The summed E-state index contributed by atoms with van der Waals surface area (Å²) in [7, 11) is 0. The molecule has 1 saturated carbocycles. The zero-order valence-corrected chi connectivity index (χ0v) is 28.5. The van der Waals surface area contributed by atoms with E-state index in [0.29, 0.717) is 51.4 Å². The molecule has 49 heavy (non-hydrogen) atoms. The molecule has 3 aromatic heterocycles.